The average Bonchev–Trinajstić information content (AvgIpc) is 2.25. The van der Waals surface area contributed by atoms with Gasteiger partial charge in [-0.05, 0) is 19.1 Å². The summed E-state index contributed by atoms with van der Waals surface area (Å²) in [4.78, 5) is 31.3. The molecule has 0 saturated carbocycles. The van der Waals surface area contributed by atoms with Gasteiger partial charge in [-0.1, -0.05) is 0 Å². The third kappa shape index (κ3) is 3.26. The van der Waals surface area contributed by atoms with Crippen molar-refractivity contribution in [3.63, 3.8) is 0 Å². The predicted molar refractivity (Wildman–Crippen MR) is 56.2 cm³/mol. The highest BCUT2D eigenvalue weighted by molar-refractivity contribution is 5.95. The number of ether oxygens (including phenoxy) is 1. The van der Waals surface area contributed by atoms with Crippen LogP contribution in [-0.4, -0.2) is 28.4 Å². The molecule has 0 amide bonds. The fourth-order valence-corrected chi connectivity index (χ4v) is 1.14. The predicted octanol–water partition coefficient (Wildman–Crippen LogP) is 1.26. The molecule has 7 heteroatoms. The van der Waals surface area contributed by atoms with Gasteiger partial charge in [0.05, 0.1) is 4.92 Å². The third-order valence-electron chi connectivity index (χ3n) is 1.91. The van der Waals surface area contributed by atoms with E-state index in [2.05, 4.69) is 0 Å². The van der Waals surface area contributed by atoms with Crippen LogP contribution in [-0.2, 0) is 4.79 Å². The summed E-state index contributed by atoms with van der Waals surface area (Å²) >= 11 is 0. The van der Waals surface area contributed by atoms with Crippen molar-refractivity contribution >= 4 is 17.4 Å². The number of nitrogens with zero attached hydrogens (tertiary/aromatic N) is 1. The molecule has 0 fully saturated rings. The molecule has 0 aromatic heterocycles. The molecule has 0 aliphatic carbocycles. The van der Waals surface area contributed by atoms with E-state index in [9.17, 15) is 19.7 Å². The molecule has 0 bridgehead atoms. The Kier molecular flexibility index (Phi) is 3.76. The summed E-state index contributed by atoms with van der Waals surface area (Å²) in [5.41, 5.74) is -0.265. The summed E-state index contributed by atoms with van der Waals surface area (Å²) in [7, 11) is 0. The number of hydrogen-bond acceptors (Lipinski definition) is 5. The van der Waals surface area contributed by atoms with Gasteiger partial charge in [0, 0.05) is 11.6 Å². The average molecular weight is 239 g/mol. The molecule has 0 spiro atoms. The van der Waals surface area contributed by atoms with Crippen LogP contribution in [0.2, 0.25) is 0 Å². The van der Waals surface area contributed by atoms with Gasteiger partial charge in [0.15, 0.2) is 18.1 Å². The second-order valence-electron chi connectivity index (χ2n) is 3.18. The van der Waals surface area contributed by atoms with E-state index >= 15 is 0 Å². The molecular formula is C10H9NO6. The maximum atomic E-state index is 11.0. The van der Waals surface area contributed by atoms with Crippen molar-refractivity contribution in [2.75, 3.05) is 6.61 Å². The standard InChI is InChI=1S/C10H9NO6/c1-6(12)7-2-3-9(17-5-10(13)14)8(4-7)11(15)16/h2-4H,5H2,1H3,(H,13,14). The topological polar surface area (TPSA) is 107 Å². The molecule has 0 atom stereocenters. The summed E-state index contributed by atoms with van der Waals surface area (Å²) in [6.07, 6.45) is 0. The number of Topliss-reactive ketones (excluding diaryl/α,β-unsaturated/α-hetero) is 1. The number of benzene rings is 1. The molecule has 1 aromatic carbocycles. The fourth-order valence-electron chi connectivity index (χ4n) is 1.14. The van der Waals surface area contributed by atoms with E-state index in [1.165, 1.54) is 19.1 Å². The maximum absolute atomic E-state index is 11.0. The number of carbonyl (C=O) groups is 2. The summed E-state index contributed by atoms with van der Waals surface area (Å²) in [5.74, 6) is -1.74. The van der Waals surface area contributed by atoms with E-state index in [-0.39, 0.29) is 17.1 Å². The van der Waals surface area contributed by atoms with Crippen LogP contribution in [0.4, 0.5) is 5.69 Å². The van der Waals surface area contributed by atoms with Crippen LogP contribution < -0.4 is 4.74 Å². The minimum absolute atomic E-state index is 0.166. The maximum Gasteiger partial charge on any atom is 0.341 e. The first kappa shape index (κ1) is 12.6. The Labute approximate surface area is 95.8 Å². The smallest absolute Gasteiger partial charge is 0.341 e. The van der Waals surface area contributed by atoms with Crippen molar-refractivity contribution in [2.45, 2.75) is 6.92 Å². The highest BCUT2D eigenvalue weighted by atomic mass is 16.6. The minimum atomic E-state index is -1.24. The molecule has 1 rings (SSSR count). The van der Waals surface area contributed by atoms with Gasteiger partial charge in [-0.3, -0.25) is 14.9 Å². The van der Waals surface area contributed by atoms with Crippen molar-refractivity contribution < 1.29 is 24.4 Å². The zero-order valence-electron chi connectivity index (χ0n) is 8.87. The molecule has 1 aromatic rings. The minimum Gasteiger partial charge on any atom is -0.479 e. The van der Waals surface area contributed by atoms with Crippen molar-refractivity contribution in [1.82, 2.24) is 0 Å². The summed E-state index contributed by atoms with van der Waals surface area (Å²) in [6, 6.07) is 3.60. The second kappa shape index (κ2) is 5.06. The zero-order valence-corrected chi connectivity index (χ0v) is 8.87. The van der Waals surface area contributed by atoms with E-state index in [1.54, 1.807) is 0 Å². The molecule has 17 heavy (non-hydrogen) atoms. The van der Waals surface area contributed by atoms with Crippen molar-refractivity contribution in [3.8, 4) is 5.75 Å². The second-order valence-corrected chi connectivity index (χ2v) is 3.18. The van der Waals surface area contributed by atoms with Crippen LogP contribution in [0.15, 0.2) is 18.2 Å². The normalized spacial score (nSPS) is 9.71. The molecule has 0 heterocycles. The van der Waals surface area contributed by atoms with E-state index in [1.807, 2.05) is 0 Å². The number of rotatable bonds is 5. The number of aliphatic carboxylic acids is 1. The van der Waals surface area contributed by atoms with Crippen LogP contribution in [0.1, 0.15) is 17.3 Å². The number of ketones is 1. The van der Waals surface area contributed by atoms with Gasteiger partial charge < -0.3 is 9.84 Å². The SMILES string of the molecule is CC(=O)c1ccc(OCC(=O)O)c([N+](=O)[O-])c1. The number of nitro groups is 1. The Balaban J connectivity index is 3.08. The van der Waals surface area contributed by atoms with Gasteiger partial charge in [-0.15, -0.1) is 0 Å². The van der Waals surface area contributed by atoms with Gasteiger partial charge in [-0.25, -0.2) is 4.79 Å². The largest absolute Gasteiger partial charge is 0.479 e. The lowest BCUT2D eigenvalue weighted by molar-refractivity contribution is -0.385. The number of carboxylic acid groups (broad SMARTS) is 1. The van der Waals surface area contributed by atoms with Crippen LogP contribution in [0.25, 0.3) is 0 Å². The highest BCUT2D eigenvalue weighted by Crippen LogP contribution is 2.28. The number of hydrogen-bond donors (Lipinski definition) is 1. The van der Waals surface area contributed by atoms with Crippen LogP contribution in [0.3, 0.4) is 0 Å². The van der Waals surface area contributed by atoms with Gasteiger partial charge in [-0.2, -0.15) is 0 Å². The quantitative estimate of drug-likeness (QED) is 0.471. The molecule has 0 unspecified atom stereocenters. The molecule has 1 N–H and O–H groups in total. The summed E-state index contributed by atoms with van der Waals surface area (Å²) in [6.45, 7) is 0.594. The van der Waals surface area contributed by atoms with Crippen LogP contribution in [0, 0.1) is 10.1 Å². The van der Waals surface area contributed by atoms with Gasteiger partial charge in [0.1, 0.15) is 0 Å². The Bertz CT molecular complexity index is 482. The lowest BCUT2D eigenvalue weighted by Gasteiger charge is -2.04. The van der Waals surface area contributed by atoms with Crippen LogP contribution in [0.5, 0.6) is 5.75 Å². The molecular weight excluding hydrogens is 230 g/mol. The molecule has 7 nitrogen and oxygen atoms in total. The molecule has 0 saturated heterocycles. The van der Waals surface area contributed by atoms with Crippen molar-refractivity contribution in [1.29, 1.82) is 0 Å². The number of carbonyl (C=O) groups excluding carboxylic acids is 1. The zero-order chi connectivity index (χ0) is 13.0. The van der Waals surface area contributed by atoms with Crippen molar-refractivity contribution in [2.24, 2.45) is 0 Å². The Morgan fingerprint density at radius 3 is 2.59 bits per heavy atom. The summed E-state index contributed by atoms with van der Waals surface area (Å²) in [5, 5.41) is 19.1. The molecule has 0 aliphatic rings. The summed E-state index contributed by atoms with van der Waals surface area (Å²) < 4.78 is 4.74. The monoisotopic (exact) mass is 239 g/mol. The van der Waals surface area contributed by atoms with Gasteiger partial charge in [0.25, 0.3) is 0 Å². The molecule has 0 aliphatic heterocycles. The van der Waals surface area contributed by atoms with Gasteiger partial charge >= 0.3 is 11.7 Å². The lowest BCUT2D eigenvalue weighted by Crippen LogP contribution is -2.10. The Morgan fingerprint density at radius 2 is 2.12 bits per heavy atom. The van der Waals surface area contributed by atoms with Crippen molar-refractivity contribution in [3.05, 3.63) is 33.9 Å². The third-order valence-corrected chi connectivity index (χ3v) is 1.91. The van der Waals surface area contributed by atoms with E-state index in [0.717, 1.165) is 6.07 Å². The first-order chi connectivity index (χ1) is 7.91. The lowest BCUT2D eigenvalue weighted by atomic mass is 10.1. The van der Waals surface area contributed by atoms with E-state index in [0.29, 0.717) is 0 Å². The van der Waals surface area contributed by atoms with E-state index < -0.39 is 23.2 Å². The van der Waals surface area contributed by atoms with Crippen LogP contribution >= 0.6 is 0 Å². The number of carboxylic acids is 1. The van der Waals surface area contributed by atoms with E-state index in [4.69, 9.17) is 9.84 Å². The first-order valence-electron chi connectivity index (χ1n) is 4.55. The fraction of sp³-hybridized carbons (Fsp3) is 0.200. The van der Waals surface area contributed by atoms with Gasteiger partial charge in [0.2, 0.25) is 0 Å². The Morgan fingerprint density at radius 1 is 1.47 bits per heavy atom. The molecule has 90 valence electrons. The number of nitro benzene ring substituents is 1. The molecule has 0 radical (unpaired) electrons. The highest BCUT2D eigenvalue weighted by Gasteiger charge is 2.18. The first-order valence-corrected chi connectivity index (χ1v) is 4.55. The Hall–Kier alpha value is -2.44.